The molecule has 0 bridgehead atoms. The van der Waals surface area contributed by atoms with Gasteiger partial charge in [-0.3, -0.25) is 14.6 Å². The number of carbonyl (C=O) groups is 1. The number of aromatic amines is 1. The van der Waals surface area contributed by atoms with Crippen molar-refractivity contribution in [3.63, 3.8) is 0 Å². The summed E-state index contributed by atoms with van der Waals surface area (Å²) >= 11 is 0. The molecule has 0 aliphatic heterocycles. The van der Waals surface area contributed by atoms with Crippen LogP contribution in [0.15, 0.2) is 53.5 Å². The summed E-state index contributed by atoms with van der Waals surface area (Å²) < 4.78 is 7.14. The van der Waals surface area contributed by atoms with E-state index in [0.717, 1.165) is 27.8 Å². The Hall–Kier alpha value is -4.54. The number of oxazole rings is 1. The van der Waals surface area contributed by atoms with E-state index in [1.165, 1.54) is 6.26 Å². The number of amides is 1. The first kappa shape index (κ1) is 20.4. The van der Waals surface area contributed by atoms with Crippen molar-refractivity contribution in [2.45, 2.75) is 19.9 Å². The van der Waals surface area contributed by atoms with Gasteiger partial charge in [0.05, 0.1) is 24.0 Å². The van der Waals surface area contributed by atoms with Crippen LogP contribution >= 0.6 is 0 Å². The molecule has 0 aliphatic carbocycles. The summed E-state index contributed by atoms with van der Waals surface area (Å²) in [6.07, 6.45) is 6.52. The average molecular weight is 443 g/mol. The lowest BCUT2D eigenvalue weighted by molar-refractivity contribution is 0.0905. The fourth-order valence-electron chi connectivity index (χ4n) is 3.43. The van der Waals surface area contributed by atoms with E-state index in [-0.39, 0.29) is 11.9 Å². The number of nitrogens with zero attached hydrogens (tertiary/aromatic N) is 6. The Bertz CT molecular complexity index is 1450. The highest BCUT2D eigenvalue weighted by molar-refractivity contribution is 5.90. The van der Waals surface area contributed by atoms with Crippen LogP contribution in [0, 0.1) is 6.92 Å². The number of anilines is 2. The number of hydrogen-bond donors (Lipinski definition) is 3. The summed E-state index contributed by atoms with van der Waals surface area (Å²) in [5, 5.41) is 18.0. The van der Waals surface area contributed by atoms with Crippen LogP contribution in [0.3, 0.4) is 0 Å². The third-order valence-electron chi connectivity index (χ3n) is 5.29. The molecule has 1 amide bonds. The highest BCUT2D eigenvalue weighted by atomic mass is 16.4. The molecule has 5 aromatic rings. The molecular formula is C22H21N9O2. The zero-order chi connectivity index (χ0) is 22.9. The van der Waals surface area contributed by atoms with E-state index in [1.807, 2.05) is 45.2 Å². The zero-order valence-electron chi connectivity index (χ0n) is 18.2. The van der Waals surface area contributed by atoms with Gasteiger partial charge in [0.1, 0.15) is 23.5 Å². The van der Waals surface area contributed by atoms with Crippen LogP contribution in [-0.2, 0) is 7.05 Å². The van der Waals surface area contributed by atoms with Crippen LogP contribution in [0.2, 0.25) is 0 Å². The van der Waals surface area contributed by atoms with Crippen molar-refractivity contribution < 1.29 is 9.21 Å². The lowest BCUT2D eigenvalue weighted by Gasteiger charge is -2.13. The number of hydrogen-bond acceptors (Lipinski definition) is 8. The van der Waals surface area contributed by atoms with Crippen LogP contribution in [0.1, 0.15) is 34.8 Å². The van der Waals surface area contributed by atoms with Gasteiger partial charge in [-0.25, -0.2) is 15.0 Å². The predicted octanol–water partition coefficient (Wildman–Crippen LogP) is 3.28. The zero-order valence-corrected chi connectivity index (χ0v) is 18.2. The third-order valence-corrected chi connectivity index (χ3v) is 5.29. The van der Waals surface area contributed by atoms with Gasteiger partial charge in [-0.2, -0.15) is 10.2 Å². The molecule has 166 valence electrons. The molecule has 0 radical (unpaired) electrons. The predicted molar refractivity (Wildman–Crippen MR) is 121 cm³/mol. The quantitative estimate of drug-likeness (QED) is 0.363. The molecule has 0 fully saturated rings. The van der Waals surface area contributed by atoms with Gasteiger partial charge in [0, 0.05) is 24.7 Å². The molecule has 4 aromatic heterocycles. The summed E-state index contributed by atoms with van der Waals surface area (Å²) in [6, 6.07) is 7.41. The minimum Gasteiger partial charge on any atom is -0.440 e. The standard InChI is InChI=1S/C22H21N9O2/c1-12-9-23-22(28-18-6-7-25-31(18)3)29-19(12)17-11-33-21(27-17)20(32)26-13(2)14-4-5-16-15(8-14)10-24-30-16/h4-11,13H,1-3H3,(H,24,30)(H,26,32)(H,23,28,29). The first-order valence-electron chi connectivity index (χ1n) is 10.3. The maximum absolute atomic E-state index is 12.7. The molecule has 4 heterocycles. The van der Waals surface area contributed by atoms with Crippen LogP contribution in [0.5, 0.6) is 0 Å². The van der Waals surface area contributed by atoms with Gasteiger partial charge in [0.15, 0.2) is 0 Å². The summed E-state index contributed by atoms with van der Waals surface area (Å²) in [4.78, 5) is 25.9. The van der Waals surface area contributed by atoms with Gasteiger partial charge in [0.2, 0.25) is 5.95 Å². The first-order chi connectivity index (χ1) is 16.0. The molecule has 0 aliphatic rings. The number of fused-ring (bicyclic) bond motifs is 1. The molecule has 11 heteroatoms. The molecule has 1 atom stereocenters. The van der Waals surface area contributed by atoms with E-state index in [0.29, 0.717) is 17.3 Å². The van der Waals surface area contributed by atoms with Gasteiger partial charge < -0.3 is 15.1 Å². The van der Waals surface area contributed by atoms with Crippen molar-refractivity contribution in [1.29, 1.82) is 0 Å². The summed E-state index contributed by atoms with van der Waals surface area (Å²) in [5.74, 6) is 0.672. The third kappa shape index (κ3) is 4.03. The number of aryl methyl sites for hydroxylation is 2. The Morgan fingerprint density at radius 3 is 2.91 bits per heavy atom. The van der Waals surface area contributed by atoms with Crippen molar-refractivity contribution in [2.24, 2.45) is 7.05 Å². The Kier molecular flexibility index (Phi) is 5.05. The molecule has 5 rings (SSSR count). The smallest absolute Gasteiger partial charge is 0.307 e. The second-order valence-corrected chi connectivity index (χ2v) is 7.64. The second kappa shape index (κ2) is 8.19. The van der Waals surface area contributed by atoms with Gasteiger partial charge in [-0.1, -0.05) is 6.07 Å². The van der Waals surface area contributed by atoms with E-state index in [1.54, 1.807) is 23.3 Å². The van der Waals surface area contributed by atoms with E-state index in [9.17, 15) is 4.79 Å². The molecule has 11 nitrogen and oxygen atoms in total. The fourth-order valence-corrected chi connectivity index (χ4v) is 3.43. The topological polar surface area (TPSA) is 139 Å². The number of carbonyl (C=O) groups excluding carboxylic acids is 1. The monoisotopic (exact) mass is 443 g/mol. The average Bonchev–Trinajstić information content (AvgIpc) is 3.56. The molecule has 0 saturated carbocycles. The SMILES string of the molecule is Cc1cnc(Nc2ccnn2C)nc1-c1coc(C(=O)NC(C)c2ccc3[nH]ncc3c2)n1. The van der Waals surface area contributed by atoms with Crippen molar-refractivity contribution in [3.8, 4) is 11.4 Å². The van der Waals surface area contributed by atoms with Crippen LogP contribution < -0.4 is 10.6 Å². The van der Waals surface area contributed by atoms with E-state index in [2.05, 4.69) is 40.9 Å². The Morgan fingerprint density at radius 2 is 2.09 bits per heavy atom. The molecule has 0 saturated heterocycles. The maximum atomic E-state index is 12.7. The van der Waals surface area contributed by atoms with Crippen molar-refractivity contribution in [2.75, 3.05) is 5.32 Å². The second-order valence-electron chi connectivity index (χ2n) is 7.64. The molecule has 1 unspecified atom stereocenters. The maximum Gasteiger partial charge on any atom is 0.307 e. The fraction of sp³-hybridized carbons (Fsp3) is 0.182. The normalized spacial score (nSPS) is 12.1. The number of aromatic nitrogens is 7. The summed E-state index contributed by atoms with van der Waals surface area (Å²) in [5.41, 5.74) is 3.69. The van der Waals surface area contributed by atoms with Crippen molar-refractivity contribution >= 4 is 28.6 Å². The Labute approximate surface area is 188 Å². The van der Waals surface area contributed by atoms with Crippen LogP contribution in [0.4, 0.5) is 11.8 Å². The highest BCUT2D eigenvalue weighted by Crippen LogP contribution is 2.23. The largest absolute Gasteiger partial charge is 0.440 e. The summed E-state index contributed by atoms with van der Waals surface area (Å²) in [7, 11) is 1.81. The number of nitrogens with one attached hydrogen (secondary N) is 3. The molecule has 3 N–H and O–H groups in total. The van der Waals surface area contributed by atoms with Gasteiger partial charge in [-0.15, -0.1) is 0 Å². The number of rotatable bonds is 6. The van der Waals surface area contributed by atoms with Crippen molar-refractivity contribution in [1.82, 2.24) is 40.2 Å². The van der Waals surface area contributed by atoms with Gasteiger partial charge in [0.25, 0.3) is 5.89 Å². The minimum atomic E-state index is -0.416. The molecule has 0 spiro atoms. The van der Waals surface area contributed by atoms with E-state index in [4.69, 9.17) is 4.42 Å². The van der Waals surface area contributed by atoms with Gasteiger partial charge >= 0.3 is 5.91 Å². The number of benzene rings is 1. The summed E-state index contributed by atoms with van der Waals surface area (Å²) in [6.45, 7) is 3.76. The first-order valence-corrected chi connectivity index (χ1v) is 10.3. The highest BCUT2D eigenvalue weighted by Gasteiger charge is 2.19. The van der Waals surface area contributed by atoms with Crippen LogP contribution in [0.25, 0.3) is 22.3 Å². The van der Waals surface area contributed by atoms with Crippen molar-refractivity contribution in [3.05, 3.63) is 66.1 Å². The number of H-pyrrole nitrogens is 1. The molecule has 33 heavy (non-hydrogen) atoms. The Morgan fingerprint density at radius 1 is 1.21 bits per heavy atom. The van der Waals surface area contributed by atoms with E-state index < -0.39 is 5.91 Å². The van der Waals surface area contributed by atoms with E-state index >= 15 is 0 Å². The lowest BCUT2D eigenvalue weighted by atomic mass is 10.1. The van der Waals surface area contributed by atoms with Gasteiger partial charge in [-0.05, 0) is 37.1 Å². The minimum absolute atomic E-state index is 0.0413. The molecule has 1 aromatic carbocycles. The Balaban J connectivity index is 1.33. The molecular weight excluding hydrogens is 422 g/mol. The lowest BCUT2D eigenvalue weighted by Crippen LogP contribution is -2.26. The van der Waals surface area contributed by atoms with Crippen LogP contribution in [-0.4, -0.2) is 40.8 Å².